The fourth-order valence-electron chi connectivity index (χ4n) is 7.22. The summed E-state index contributed by atoms with van der Waals surface area (Å²) in [6, 6.07) is 40.0. The average Bonchev–Trinajstić information content (AvgIpc) is 3.68. The minimum absolute atomic E-state index is 0.161. The van der Waals surface area contributed by atoms with Crippen molar-refractivity contribution in [3.05, 3.63) is 169 Å². The molecule has 7 rings (SSSR count). The molecule has 54 heavy (non-hydrogen) atoms. The Hall–Kier alpha value is -4.00. The van der Waals surface area contributed by atoms with Crippen LogP contribution in [0.3, 0.4) is 0 Å². The Balaban J connectivity index is 1.28. The Morgan fingerprint density at radius 2 is 1.09 bits per heavy atom. The van der Waals surface area contributed by atoms with Gasteiger partial charge in [0.2, 0.25) is 5.79 Å². The third-order valence-corrected chi connectivity index (χ3v) is 9.82. The number of hydrogen-bond donors (Lipinski definition) is 0. The summed E-state index contributed by atoms with van der Waals surface area (Å²) in [4.78, 5) is 0. The number of fused-ring (bicyclic) bond motifs is 1. The van der Waals surface area contributed by atoms with Crippen molar-refractivity contribution in [3.8, 4) is 0 Å². The summed E-state index contributed by atoms with van der Waals surface area (Å²) < 4.78 is 60.0. The van der Waals surface area contributed by atoms with E-state index in [9.17, 15) is 0 Å². The predicted molar refractivity (Wildman–Crippen MR) is 203 cm³/mol. The van der Waals surface area contributed by atoms with Crippen molar-refractivity contribution < 1.29 is 42.6 Å². The molecular formula is C45H50O9. The van der Waals surface area contributed by atoms with Gasteiger partial charge in [0.1, 0.15) is 42.7 Å². The molecule has 3 unspecified atom stereocenters. The molecule has 0 bridgehead atoms. The number of ether oxygens (including phenoxy) is 9. The highest BCUT2D eigenvalue weighted by molar-refractivity contribution is 5.18. The van der Waals surface area contributed by atoms with Crippen LogP contribution in [0.2, 0.25) is 0 Å². The molecule has 0 amide bonds. The van der Waals surface area contributed by atoms with Gasteiger partial charge in [0, 0.05) is 0 Å². The summed E-state index contributed by atoms with van der Waals surface area (Å²) in [7, 11) is 0. The van der Waals surface area contributed by atoms with E-state index in [-0.39, 0.29) is 19.8 Å². The summed E-state index contributed by atoms with van der Waals surface area (Å²) >= 11 is 0. The fourth-order valence-corrected chi connectivity index (χ4v) is 7.22. The van der Waals surface area contributed by atoms with Crippen LogP contribution in [0, 0.1) is 0 Å². The van der Waals surface area contributed by atoms with E-state index in [1.54, 1.807) is 12.2 Å². The van der Waals surface area contributed by atoms with Crippen molar-refractivity contribution >= 4 is 0 Å². The van der Waals surface area contributed by atoms with E-state index < -0.39 is 60.6 Å². The Morgan fingerprint density at radius 3 is 1.61 bits per heavy atom. The van der Waals surface area contributed by atoms with Gasteiger partial charge in [-0.15, -0.1) is 6.58 Å². The van der Waals surface area contributed by atoms with Gasteiger partial charge in [-0.25, -0.2) is 0 Å². The lowest BCUT2D eigenvalue weighted by atomic mass is 9.90. The molecule has 3 heterocycles. The topological polar surface area (TPSA) is 83.1 Å². The predicted octanol–water partition coefficient (Wildman–Crippen LogP) is 7.69. The van der Waals surface area contributed by atoms with Gasteiger partial charge in [0.15, 0.2) is 12.1 Å². The number of rotatable bonds is 17. The Kier molecular flexibility index (Phi) is 12.5. The van der Waals surface area contributed by atoms with Crippen molar-refractivity contribution in [2.24, 2.45) is 0 Å². The standard InChI is InChI=1S/C45H50O9/c1-5-36-39(41-43(50-36)54-44(3,4)52-41)53-45(6-2)42(49-30-35-25-17-10-18-26-35)40(48-29-34-23-15-9-16-24-34)38(47-28-33-21-13-8-14-22-33)37(51-45)31-46-27-32-19-11-7-12-20-32/h5-26,36-43H,1-2,27-31H2,3-4H3/t36-,37?,38-,39+,40?,41-,42?,43-,45-/m1/s1. The average molecular weight is 735 g/mol. The van der Waals surface area contributed by atoms with Gasteiger partial charge < -0.3 is 42.6 Å². The first-order chi connectivity index (χ1) is 26.4. The number of benzene rings is 4. The normalized spacial score (nSPS) is 30.1. The maximum absolute atomic E-state index is 7.13. The third-order valence-electron chi connectivity index (χ3n) is 9.82. The first-order valence-electron chi connectivity index (χ1n) is 18.6. The molecule has 0 saturated carbocycles. The first kappa shape index (κ1) is 38.3. The Bertz CT molecular complexity index is 1760. The molecule has 4 aromatic carbocycles. The van der Waals surface area contributed by atoms with Crippen LogP contribution in [0.25, 0.3) is 0 Å². The molecule has 284 valence electrons. The van der Waals surface area contributed by atoms with Crippen molar-refractivity contribution in [2.75, 3.05) is 6.61 Å². The van der Waals surface area contributed by atoms with Gasteiger partial charge in [-0.2, -0.15) is 0 Å². The molecule has 9 nitrogen and oxygen atoms in total. The van der Waals surface area contributed by atoms with E-state index in [0.717, 1.165) is 22.3 Å². The highest BCUT2D eigenvalue weighted by Gasteiger charge is 2.62. The molecular weight excluding hydrogens is 684 g/mol. The van der Waals surface area contributed by atoms with E-state index in [0.29, 0.717) is 13.2 Å². The largest absolute Gasteiger partial charge is 0.374 e. The molecule has 0 aliphatic carbocycles. The van der Waals surface area contributed by atoms with E-state index in [1.165, 1.54) is 0 Å². The molecule has 4 aromatic rings. The maximum atomic E-state index is 7.13. The summed E-state index contributed by atoms with van der Waals surface area (Å²) in [5.74, 6) is -2.48. The minimum Gasteiger partial charge on any atom is -0.374 e. The van der Waals surface area contributed by atoms with Crippen LogP contribution in [0.4, 0.5) is 0 Å². The zero-order valence-electron chi connectivity index (χ0n) is 30.9. The Labute approximate surface area is 318 Å². The van der Waals surface area contributed by atoms with Gasteiger partial charge >= 0.3 is 0 Å². The smallest absolute Gasteiger partial charge is 0.218 e. The van der Waals surface area contributed by atoms with Crippen LogP contribution < -0.4 is 0 Å². The SMILES string of the molecule is C=C[C@H]1O[C@@H]2OC(C)(C)O[C@@H]2[C@H]1O[C@@]1(C=C)OC(COCc2ccccc2)[C@@H](OCc2ccccc2)C(OCc2ccccc2)C1OCc1ccccc1. The molecule has 0 spiro atoms. The zero-order valence-corrected chi connectivity index (χ0v) is 30.9. The van der Waals surface area contributed by atoms with E-state index in [4.69, 9.17) is 42.6 Å². The van der Waals surface area contributed by atoms with E-state index in [1.807, 2.05) is 135 Å². The summed E-state index contributed by atoms with van der Waals surface area (Å²) in [6.45, 7) is 13.4. The maximum Gasteiger partial charge on any atom is 0.218 e. The summed E-state index contributed by atoms with van der Waals surface area (Å²) in [5, 5.41) is 0. The molecule has 9 heteroatoms. The van der Waals surface area contributed by atoms with Crippen LogP contribution in [-0.2, 0) is 69.1 Å². The van der Waals surface area contributed by atoms with Crippen LogP contribution >= 0.6 is 0 Å². The monoisotopic (exact) mass is 734 g/mol. The van der Waals surface area contributed by atoms with Crippen molar-refractivity contribution in [1.82, 2.24) is 0 Å². The molecule has 0 radical (unpaired) electrons. The lowest BCUT2D eigenvalue weighted by molar-refractivity contribution is -0.378. The van der Waals surface area contributed by atoms with Gasteiger partial charge in [-0.1, -0.05) is 134 Å². The van der Waals surface area contributed by atoms with E-state index in [2.05, 4.69) is 13.2 Å². The van der Waals surface area contributed by atoms with Crippen LogP contribution in [-0.4, -0.2) is 67.2 Å². The second-order valence-corrected chi connectivity index (χ2v) is 14.2. The van der Waals surface area contributed by atoms with Crippen LogP contribution in [0.5, 0.6) is 0 Å². The Morgan fingerprint density at radius 1 is 0.593 bits per heavy atom. The second-order valence-electron chi connectivity index (χ2n) is 14.2. The zero-order chi connectivity index (χ0) is 37.4. The minimum atomic E-state index is -1.59. The molecule has 3 fully saturated rings. The van der Waals surface area contributed by atoms with Gasteiger partial charge in [0.25, 0.3) is 0 Å². The van der Waals surface area contributed by atoms with Crippen molar-refractivity contribution in [1.29, 1.82) is 0 Å². The van der Waals surface area contributed by atoms with Gasteiger partial charge in [-0.3, -0.25) is 0 Å². The first-order valence-corrected chi connectivity index (χ1v) is 18.6. The lowest BCUT2D eigenvalue weighted by Gasteiger charge is -2.52. The molecule has 3 saturated heterocycles. The van der Waals surface area contributed by atoms with E-state index >= 15 is 0 Å². The van der Waals surface area contributed by atoms with Gasteiger partial charge in [0.05, 0.1) is 33.0 Å². The molecule has 0 N–H and O–H groups in total. The third kappa shape index (κ3) is 9.09. The summed E-state index contributed by atoms with van der Waals surface area (Å²) in [5.41, 5.74) is 4.00. The quantitative estimate of drug-likeness (QED) is 0.102. The highest BCUT2D eigenvalue weighted by Crippen LogP contribution is 2.45. The highest BCUT2D eigenvalue weighted by atomic mass is 16.9. The molecule has 0 aromatic heterocycles. The molecule has 3 aliphatic heterocycles. The van der Waals surface area contributed by atoms with Crippen LogP contribution in [0.1, 0.15) is 36.1 Å². The van der Waals surface area contributed by atoms with Gasteiger partial charge in [-0.05, 0) is 42.2 Å². The van der Waals surface area contributed by atoms with Crippen molar-refractivity contribution in [2.45, 2.75) is 101 Å². The molecule has 3 aliphatic rings. The van der Waals surface area contributed by atoms with Crippen LogP contribution in [0.15, 0.2) is 147 Å². The number of hydrogen-bond acceptors (Lipinski definition) is 9. The lowest BCUT2D eigenvalue weighted by Crippen LogP contribution is -2.68. The molecule has 9 atom stereocenters. The fraction of sp³-hybridized carbons (Fsp3) is 0.378. The second kappa shape index (κ2) is 17.6. The summed E-state index contributed by atoms with van der Waals surface area (Å²) in [6.07, 6.45) is -2.14. The van der Waals surface area contributed by atoms with Crippen molar-refractivity contribution in [3.63, 3.8) is 0 Å².